The summed E-state index contributed by atoms with van der Waals surface area (Å²) in [6.45, 7) is 4.60. The Hall–Kier alpha value is -1.27. The molecule has 2 rings (SSSR count). The lowest BCUT2D eigenvalue weighted by Gasteiger charge is -2.34. The van der Waals surface area contributed by atoms with Crippen molar-refractivity contribution < 1.29 is 4.79 Å². The molecule has 0 N–H and O–H groups in total. The highest BCUT2D eigenvalue weighted by Crippen LogP contribution is 2.04. The number of carbonyl (C=O) groups is 1. The van der Waals surface area contributed by atoms with Crippen LogP contribution in [0.3, 0.4) is 0 Å². The second-order valence-corrected chi connectivity index (χ2v) is 5.87. The van der Waals surface area contributed by atoms with Gasteiger partial charge in [-0.15, -0.1) is 0 Å². The van der Waals surface area contributed by atoms with Crippen molar-refractivity contribution in [3.05, 3.63) is 34.7 Å². The lowest BCUT2D eigenvalue weighted by molar-refractivity contribution is -0.133. The molecule has 1 aromatic rings. The SMILES string of the molecule is CSCCN1CCN(C(=O)Cn2ccccc2=O)CC1. The lowest BCUT2D eigenvalue weighted by atomic mass is 10.3. The van der Waals surface area contributed by atoms with E-state index in [9.17, 15) is 9.59 Å². The van der Waals surface area contributed by atoms with Crippen molar-refractivity contribution in [3.63, 3.8) is 0 Å². The molecule has 0 saturated carbocycles. The largest absolute Gasteiger partial charge is 0.339 e. The normalized spacial score (nSPS) is 16.4. The van der Waals surface area contributed by atoms with Crippen LogP contribution in [0.15, 0.2) is 29.2 Å². The molecule has 2 heterocycles. The van der Waals surface area contributed by atoms with Gasteiger partial charge < -0.3 is 9.47 Å². The molecule has 6 heteroatoms. The van der Waals surface area contributed by atoms with Crippen molar-refractivity contribution in [1.29, 1.82) is 0 Å². The van der Waals surface area contributed by atoms with Gasteiger partial charge in [0.15, 0.2) is 0 Å². The van der Waals surface area contributed by atoms with E-state index in [1.807, 2.05) is 16.7 Å². The molecule has 0 bridgehead atoms. The molecule has 0 aliphatic carbocycles. The standard InChI is InChI=1S/C14H21N3O2S/c1-20-11-10-15-6-8-16(9-7-15)14(19)12-17-5-3-2-4-13(17)18/h2-5H,6-12H2,1H3. The summed E-state index contributed by atoms with van der Waals surface area (Å²) in [4.78, 5) is 28.0. The molecule has 1 aliphatic rings. The number of piperazine rings is 1. The van der Waals surface area contributed by atoms with E-state index in [1.165, 1.54) is 10.6 Å². The van der Waals surface area contributed by atoms with Crippen LogP contribution in [0.25, 0.3) is 0 Å². The number of rotatable bonds is 5. The van der Waals surface area contributed by atoms with E-state index in [1.54, 1.807) is 18.3 Å². The molecule has 110 valence electrons. The Bertz CT molecular complexity index is 495. The van der Waals surface area contributed by atoms with Crippen molar-refractivity contribution in [2.45, 2.75) is 6.54 Å². The molecule has 20 heavy (non-hydrogen) atoms. The number of hydrogen-bond donors (Lipinski definition) is 0. The molecule has 1 aromatic heterocycles. The predicted molar refractivity (Wildman–Crippen MR) is 82.1 cm³/mol. The van der Waals surface area contributed by atoms with Crippen molar-refractivity contribution in [1.82, 2.24) is 14.4 Å². The quantitative estimate of drug-likeness (QED) is 0.787. The molecule has 1 amide bonds. The van der Waals surface area contributed by atoms with Gasteiger partial charge in [-0.3, -0.25) is 14.5 Å². The molecule has 0 aromatic carbocycles. The Morgan fingerprint density at radius 3 is 2.65 bits per heavy atom. The smallest absolute Gasteiger partial charge is 0.250 e. The number of carbonyl (C=O) groups excluding carboxylic acids is 1. The van der Waals surface area contributed by atoms with E-state index in [0.29, 0.717) is 0 Å². The van der Waals surface area contributed by atoms with Crippen LogP contribution in [-0.2, 0) is 11.3 Å². The van der Waals surface area contributed by atoms with Crippen molar-refractivity contribution in [2.75, 3.05) is 44.7 Å². The Labute approximate surface area is 123 Å². The average Bonchev–Trinajstić information content (AvgIpc) is 2.48. The van der Waals surface area contributed by atoms with Gasteiger partial charge in [0, 0.05) is 50.7 Å². The number of hydrogen-bond acceptors (Lipinski definition) is 4. The van der Waals surface area contributed by atoms with E-state index in [0.717, 1.165) is 38.5 Å². The summed E-state index contributed by atoms with van der Waals surface area (Å²) >= 11 is 1.85. The Balaban J connectivity index is 1.83. The maximum absolute atomic E-state index is 12.2. The summed E-state index contributed by atoms with van der Waals surface area (Å²) in [5.41, 5.74) is -0.126. The summed E-state index contributed by atoms with van der Waals surface area (Å²) in [6, 6.07) is 4.94. The monoisotopic (exact) mass is 295 g/mol. The summed E-state index contributed by atoms with van der Waals surface area (Å²) in [5.74, 6) is 1.16. The van der Waals surface area contributed by atoms with Crippen molar-refractivity contribution >= 4 is 17.7 Å². The number of thioether (sulfide) groups is 1. The molecular weight excluding hydrogens is 274 g/mol. The van der Waals surface area contributed by atoms with Crippen molar-refractivity contribution in [3.8, 4) is 0 Å². The molecule has 1 fully saturated rings. The summed E-state index contributed by atoms with van der Waals surface area (Å²) < 4.78 is 1.46. The molecule has 1 aliphatic heterocycles. The van der Waals surface area contributed by atoms with Gasteiger partial charge in [0.2, 0.25) is 5.91 Å². The van der Waals surface area contributed by atoms with Gasteiger partial charge in [-0.05, 0) is 12.3 Å². The molecule has 5 nitrogen and oxygen atoms in total. The van der Waals surface area contributed by atoms with Gasteiger partial charge in [-0.25, -0.2) is 0 Å². The number of pyridine rings is 1. The van der Waals surface area contributed by atoms with E-state index in [2.05, 4.69) is 11.2 Å². The molecule has 0 unspecified atom stereocenters. The Kier molecular flexibility index (Phi) is 5.67. The fraction of sp³-hybridized carbons (Fsp3) is 0.571. The maximum Gasteiger partial charge on any atom is 0.250 e. The molecule has 0 radical (unpaired) electrons. The lowest BCUT2D eigenvalue weighted by Crippen LogP contribution is -2.50. The first-order valence-electron chi connectivity index (χ1n) is 6.85. The van der Waals surface area contributed by atoms with Crippen LogP contribution in [0.5, 0.6) is 0 Å². The first-order valence-corrected chi connectivity index (χ1v) is 8.24. The summed E-state index contributed by atoms with van der Waals surface area (Å²) in [6.07, 6.45) is 3.77. The minimum atomic E-state index is -0.126. The second kappa shape index (κ2) is 7.50. The zero-order valence-corrected chi connectivity index (χ0v) is 12.6. The van der Waals surface area contributed by atoms with Crippen molar-refractivity contribution in [2.24, 2.45) is 0 Å². The molecule has 0 spiro atoms. The maximum atomic E-state index is 12.2. The molecular formula is C14H21N3O2S. The van der Waals surface area contributed by atoms with E-state index in [4.69, 9.17) is 0 Å². The Morgan fingerprint density at radius 1 is 1.25 bits per heavy atom. The van der Waals surface area contributed by atoms with Gasteiger partial charge in [-0.2, -0.15) is 11.8 Å². The zero-order valence-electron chi connectivity index (χ0n) is 11.8. The minimum absolute atomic E-state index is 0.0304. The first kappa shape index (κ1) is 15.1. The topological polar surface area (TPSA) is 45.5 Å². The van der Waals surface area contributed by atoms with E-state index in [-0.39, 0.29) is 18.0 Å². The van der Waals surface area contributed by atoms with Gasteiger partial charge in [-0.1, -0.05) is 6.07 Å². The third kappa shape index (κ3) is 4.11. The van der Waals surface area contributed by atoms with E-state index < -0.39 is 0 Å². The van der Waals surface area contributed by atoms with Crippen LogP contribution in [-0.4, -0.2) is 65.0 Å². The Morgan fingerprint density at radius 2 is 2.00 bits per heavy atom. The molecule has 1 saturated heterocycles. The van der Waals surface area contributed by atoms with Gasteiger partial charge in [0.05, 0.1) is 0 Å². The predicted octanol–water partition coefficient (Wildman–Crippen LogP) is 0.355. The number of amides is 1. The van der Waals surface area contributed by atoms with Gasteiger partial charge >= 0.3 is 0 Å². The number of nitrogens with zero attached hydrogens (tertiary/aromatic N) is 3. The highest BCUT2D eigenvalue weighted by molar-refractivity contribution is 7.98. The van der Waals surface area contributed by atoms with Crippen LogP contribution < -0.4 is 5.56 Å². The summed E-state index contributed by atoms with van der Waals surface area (Å²) in [5, 5.41) is 0. The summed E-state index contributed by atoms with van der Waals surface area (Å²) in [7, 11) is 0. The molecule has 0 atom stereocenters. The average molecular weight is 295 g/mol. The fourth-order valence-electron chi connectivity index (χ4n) is 2.28. The fourth-order valence-corrected chi connectivity index (χ4v) is 2.72. The van der Waals surface area contributed by atoms with Crippen LogP contribution in [0.4, 0.5) is 0 Å². The third-order valence-corrected chi connectivity index (χ3v) is 4.13. The van der Waals surface area contributed by atoms with E-state index >= 15 is 0 Å². The highest BCUT2D eigenvalue weighted by Gasteiger charge is 2.20. The number of aromatic nitrogens is 1. The van der Waals surface area contributed by atoms with Crippen LogP contribution in [0.1, 0.15) is 0 Å². The highest BCUT2D eigenvalue weighted by atomic mass is 32.2. The van der Waals surface area contributed by atoms with Gasteiger partial charge in [0.1, 0.15) is 6.54 Å². The third-order valence-electron chi connectivity index (χ3n) is 3.54. The van der Waals surface area contributed by atoms with Crippen LogP contribution >= 0.6 is 11.8 Å². The van der Waals surface area contributed by atoms with Crippen LogP contribution in [0.2, 0.25) is 0 Å². The second-order valence-electron chi connectivity index (χ2n) is 4.88. The van der Waals surface area contributed by atoms with Crippen LogP contribution in [0, 0.1) is 0 Å². The zero-order chi connectivity index (χ0) is 14.4. The first-order chi connectivity index (χ1) is 9.70. The van der Waals surface area contributed by atoms with Gasteiger partial charge in [0.25, 0.3) is 5.56 Å². The minimum Gasteiger partial charge on any atom is -0.339 e.